The topological polar surface area (TPSA) is 48.1 Å². The van der Waals surface area contributed by atoms with Crippen molar-refractivity contribution in [3.05, 3.63) is 45.9 Å². The van der Waals surface area contributed by atoms with Crippen LogP contribution in [0.2, 0.25) is 0 Å². The lowest BCUT2D eigenvalue weighted by Gasteiger charge is -2.06. The highest BCUT2D eigenvalue weighted by Crippen LogP contribution is 2.37. The molecular formula is C13H14N2OS. The summed E-state index contributed by atoms with van der Waals surface area (Å²) in [5.74, 6) is 0.982. The van der Waals surface area contributed by atoms with E-state index in [9.17, 15) is 0 Å². The number of fused-ring (bicyclic) bond motifs is 1. The number of thiazole rings is 1. The minimum atomic E-state index is -0.0104. The van der Waals surface area contributed by atoms with Crippen LogP contribution < -0.4 is 10.5 Å². The standard InChI is InChI=1S/C13H14N2OS/c1-8(14)10-7-17-13(15-10)12-6-9-4-2-3-5-11(9)16-12/h2-5,7-8,12H,6,14H2,1H3. The Labute approximate surface area is 104 Å². The lowest BCUT2D eigenvalue weighted by Crippen LogP contribution is -2.07. The third kappa shape index (κ3) is 1.94. The zero-order valence-corrected chi connectivity index (χ0v) is 10.4. The highest BCUT2D eigenvalue weighted by atomic mass is 32.1. The summed E-state index contributed by atoms with van der Waals surface area (Å²) >= 11 is 1.63. The molecule has 2 aromatic rings. The lowest BCUT2D eigenvalue weighted by molar-refractivity contribution is 0.238. The van der Waals surface area contributed by atoms with E-state index in [2.05, 4.69) is 11.1 Å². The third-order valence-electron chi connectivity index (χ3n) is 2.93. The lowest BCUT2D eigenvalue weighted by atomic mass is 10.1. The van der Waals surface area contributed by atoms with Crippen molar-refractivity contribution in [3.8, 4) is 5.75 Å². The van der Waals surface area contributed by atoms with Gasteiger partial charge in [-0.15, -0.1) is 11.3 Å². The Kier molecular flexibility index (Phi) is 2.61. The van der Waals surface area contributed by atoms with Crippen LogP contribution in [0.4, 0.5) is 0 Å². The summed E-state index contributed by atoms with van der Waals surface area (Å²) in [6.45, 7) is 1.95. The van der Waals surface area contributed by atoms with Gasteiger partial charge in [-0.2, -0.15) is 0 Å². The van der Waals surface area contributed by atoms with Crippen LogP contribution in [-0.4, -0.2) is 4.98 Å². The van der Waals surface area contributed by atoms with Gasteiger partial charge in [-0.1, -0.05) is 18.2 Å². The molecule has 0 saturated heterocycles. The molecule has 0 bridgehead atoms. The first-order valence-corrected chi connectivity index (χ1v) is 6.57. The molecule has 0 amide bonds. The van der Waals surface area contributed by atoms with Crippen LogP contribution >= 0.6 is 11.3 Å². The Morgan fingerprint density at radius 3 is 3.00 bits per heavy atom. The normalized spacial score (nSPS) is 19.8. The van der Waals surface area contributed by atoms with Gasteiger partial charge in [-0.25, -0.2) is 4.98 Å². The van der Waals surface area contributed by atoms with Crippen LogP contribution in [-0.2, 0) is 6.42 Å². The molecule has 4 heteroatoms. The fraction of sp³-hybridized carbons (Fsp3) is 0.308. The number of nitrogens with two attached hydrogens (primary N) is 1. The molecule has 0 radical (unpaired) electrons. The SMILES string of the molecule is CC(N)c1csc(C2Cc3ccccc3O2)n1. The van der Waals surface area contributed by atoms with E-state index in [0.29, 0.717) is 0 Å². The van der Waals surface area contributed by atoms with Crippen molar-refractivity contribution in [3.63, 3.8) is 0 Å². The van der Waals surface area contributed by atoms with Crippen LogP contribution in [0.5, 0.6) is 5.75 Å². The van der Waals surface area contributed by atoms with Gasteiger partial charge in [0.15, 0.2) is 6.10 Å². The number of benzene rings is 1. The number of nitrogens with zero attached hydrogens (tertiary/aromatic N) is 1. The average molecular weight is 246 g/mol. The Balaban J connectivity index is 1.84. The second-order valence-electron chi connectivity index (χ2n) is 4.32. The molecule has 2 heterocycles. The zero-order valence-electron chi connectivity index (χ0n) is 9.59. The van der Waals surface area contributed by atoms with Crippen LogP contribution in [0.25, 0.3) is 0 Å². The summed E-state index contributed by atoms with van der Waals surface area (Å²) in [5.41, 5.74) is 8.02. The Hall–Kier alpha value is -1.39. The number of para-hydroxylation sites is 1. The zero-order chi connectivity index (χ0) is 11.8. The van der Waals surface area contributed by atoms with Crippen LogP contribution in [0.3, 0.4) is 0 Å². The maximum atomic E-state index is 5.89. The molecule has 1 aromatic heterocycles. The maximum Gasteiger partial charge on any atom is 0.154 e. The van der Waals surface area contributed by atoms with E-state index in [4.69, 9.17) is 10.5 Å². The molecule has 3 rings (SSSR count). The minimum absolute atomic E-state index is 0.0104. The number of hydrogen-bond donors (Lipinski definition) is 1. The predicted molar refractivity (Wildman–Crippen MR) is 68.2 cm³/mol. The summed E-state index contributed by atoms with van der Waals surface area (Å²) in [4.78, 5) is 4.54. The second-order valence-corrected chi connectivity index (χ2v) is 5.21. The van der Waals surface area contributed by atoms with Crippen molar-refractivity contribution in [1.29, 1.82) is 0 Å². The third-order valence-corrected chi connectivity index (χ3v) is 3.88. The van der Waals surface area contributed by atoms with E-state index >= 15 is 0 Å². The van der Waals surface area contributed by atoms with Gasteiger partial charge < -0.3 is 10.5 Å². The molecule has 1 aliphatic heterocycles. The molecule has 3 nitrogen and oxygen atoms in total. The van der Waals surface area contributed by atoms with Crippen LogP contribution in [0.1, 0.15) is 35.3 Å². The fourth-order valence-corrected chi connectivity index (χ4v) is 2.93. The molecule has 0 spiro atoms. The summed E-state index contributed by atoms with van der Waals surface area (Å²) in [6.07, 6.45) is 0.965. The maximum absolute atomic E-state index is 5.89. The van der Waals surface area contributed by atoms with Crippen LogP contribution in [0, 0.1) is 0 Å². The van der Waals surface area contributed by atoms with Gasteiger partial charge in [0.25, 0.3) is 0 Å². The fourth-order valence-electron chi connectivity index (χ4n) is 1.98. The Bertz CT molecular complexity index is 511. The van der Waals surface area contributed by atoms with Crippen LogP contribution in [0.15, 0.2) is 29.6 Å². The summed E-state index contributed by atoms with van der Waals surface area (Å²) < 4.78 is 5.89. The quantitative estimate of drug-likeness (QED) is 0.886. The molecule has 88 valence electrons. The number of rotatable bonds is 2. The first kappa shape index (κ1) is 10.7. The van der Waals surface area contributed by atoms with Crippen molar-refractivity contribution in [2.45, 2.75) is 25.5 Å². The van der Waals surface area contributed by atoms with E-state index in [-0.39, 0.29) is 12.1 Å². The van der Waals surface area contributed by atoms with Crippen molar-refractivity contribution in [2.75, 3.05) is 0 Å². The number of hydrogen-bond acceptors (Lipinski definition) is 4. The van der Waals surface area contributed by atoms with Gasteiger partial charge in [0.2, 0.25) is 0 Å². The van der Waals surface area contributed by atoms with Crippen molar-refractivity contribution < 1.29 is 4.74 Å². The highest BCUT2D eigenvalue weighted by molar-refractivity contribution is 7.09. The number of ether oxygens (including phenoxy) is 1. The van der Waals surface area contributed by atoms with E-state index in [1.165, 1.54) is 5.56 Å². The van der Waals surface area contributed by atoms with E-state index in [1.807, 2.05) is 30.5 Å². The average Bonchev–Trinajstić information content (AvgIpc) is 2.95. The smallest absolute Gasteiger partial charge is 0.154 e. The van der Waals surface area contributed by atoms with E-state index in [0.717, 1.165) is 22.9 Å². The first-order valence-electron chi connectivity index (χ1n) is 5.69. The molecular weight excluding hydrogens is 232 g/mol. The van der Waals surface area contributed by atoms with Gasteiger partial charge in [-0.05, 0) is 18.6 Å². The number of aromatic nitrogens is 1. The molecule has 2 unspecified atom stereocenters. The minimum Gasteiger partial charge on any atom is -0.483 e. The van der Waals surface area contributed by atoms with Gasteiger partial charge in [0, 0.05) is 17.8 Å². The van der Waals surface area contributed by atoms with Crippen molar-refractivity contribution in [1.82, 2.24) is 4.98 Å². The van der Waals surface area contributed by atoms with Gasteiger partial charge in [-0.3, -0.25) is 0 Å². The Morgan fingerprint density at radius 1 is 1.47 bits per heavy atom. The van der Waals surface area contributed by atoms with E-state index < -0.39 is 0 Å². The monoisotopic (exact) mass is 246 g/mol. The predicted octanol–water partition coefficient (Wildman–Crippen LogP) is 2.84. The molecule has 0 fully saturated rings. The molecule has 1 aliphatic rings. The second kappa shape index (κ2) is 4.13. The molecule has 17 heavy (non-hydrogen) atoms. The van der Waals surface area contributed by atoms with Gasteiger partial charge >= 0.3 is 0 Å². The molecule has 0 saturated carbocycles. The molecule has 0 aliphatic carbocycles. The molecule has 2 N–H and O–H groups in total. The Morgan fingerprint density at radius 2 is 2.29 bits per heavy atom. The van der Waals surface area contributed by atoms with Gasteiger partial charge in [0.05, 0.1) is 5.69 Å². The molecule has 1 aromatic carbocycles. The summed E-state index contributed by atoms with van der Waals surface area (Å²) in [5, 5.41) is 3.04. The van der Waals surface area contributed by atoms with Crippen molar-refractivity contribution >= 4 is 11.3 Å². The van der Waals surface area contributed by atoms with Gasteiger partial charge in [0.1, 0.15) is 10.8 Å². The largest absolute Gasteiger partial charge is 0.483 e. The van der Waals surface area contributed by atoms with E-state index in [1.54, 1.807) is 11.3 Å². The first-order chi connectivity index (χ1) is 8.24. The van der Waals surface area contributed by atoms with Crippen molar-refractivity contribution in [2.24, 2.45) is 5.73 Å². The molecule has 2 atom stereocenters. The highest BCUT2D eigenvalue weighted by Gasteiger charge is 2.26. The summed E-state index contributed by atoms with van der Waals surface area (Å²) in [6, 6.07) is 8.14. The summed E-state index contributed by atoms with van der Waals surface area (Å²) in [7, 11) is 0.